The minimum absolute atomic E-state index is 0.338. The largest absolute Gasteiger partial charge is 0.480 e. The number of benzene rings is 1. The van der Waals surface area contributed by atoms with Gasteiger partial charge in [0.2, 0.25) is 0 Å². The van der Waals surface area contributed by atoms with Gasteiger partial charge in [-0.2, -0.15) is 0 Å². The Morgan fingerprint density at radius 2 is 2.12 bits per heavy atom. The lowest BCUT2D eigenvalue weighted by Gasteiger charge is -2.12. The van der Waals surface area contributed by atoms with Crippen LogP contribution in [-0.4, -0.2) is 34.7 Å². The van der Waals surface area contributed by atoms with E-state index in [-0.39, 0.29) is 0 Å². The van der Waals surface area contributed by atoms with Gasteiger partial charge in [-0.15, -0.1) is 0 Å². The zero-order valence-electron chi connectivity index (χ0n) is 9.11. The Morgan fingerprint density at radius 1 is 1.47 bits per heavy atom. The van der Waals surface area contributed by atoms with Gasteiger partial charge in [0.05, 0.1) is 12.2 Å². The molecule has 1 rings (SSSR count). The number of aliphatic hydroxyl groups excluding tert-OH is 1. The van der Waals surface area contributed by atoms with E-state index in [4.69, 9.17) is 10.2 Å². The average molecular weight is 302 g/mol. The Bertz CT molecular complexity index is 447. The van der Waals surface area contributed by atoms with E-state index in [1.165, 1.54) is 0 Å². The first-order valence-corrected chi connectivity index (χ1v) is 5.65. The number of hydrogen-bond acceptors (Lipinski definition) is 3. The van der Waals surface area contributed by atoms with Gasteiger partial charge in [0.15, 0.2) is 6.04 Å². The molecular weight excluding hydrogens is 290 g/mol. The van der Waals surface area contributed by atoms with Crippen molar-refractivity contribution in [1.82, 2.24) is 5.32 Å². The van der Waals surface area contributed by atoms with Crippen molar-refractivity contribution in [1.29, 1.82) is 0 Å². The number of aliphatic carboxylic acids is 1. The predicted molar refractivity (Wildman–Crippen MR) is 64.9 cm³/mol. The maximum atomic E-state index is 11.8. The highest BCUT2D eigenvalue weighted by Crippen LogP contribution is 2.18. The van der Waals surface area contributed by atoms with Crippen molar-refractivity contribution in [3.63, 3.8) is 0 Å². The van der Waals surface area contributed by atoms with Gasteiger partial charge in [-0.1, -0.05) is 11.6 Å². The third kappa shape index (κ3) is 3.54. The number of halogens is 1. The first kappa shape index (κ1) is 13.7. The number of rotatable bonds is 4. The highest BCUT2D eigenvalue weighted by Gasteiger charge is 2.20. The number of carboxylic acids is 1. The molecule has 0 aliphatic heterocycles. The standard InChI is InChI=1S/C11H12BrNO4/c1-6-2-3-8(12)7(4-6)10(15)13-9(5-14)11(16)17/h2-4,9,14H,5H2,1H3,(H,13,15)(H,16,17). The summed E-state index contributed by atoms with van der Waals surface area (Å²) >= 11 is 3.21. The van der Waals surface area contributed by atoms with Gasteiger partial charge in [-0.05, 0) is 35.0 Å². The molecule has 5 nitrogen and oxygen atoms in total. The summed E-state index contributed by atoms with van der Waals surface area (Å²) in [7, 11) is 0. The van der Waals surface area contributed by atoms with Crippen LogP contribution in [0.4, 0.5) is 0 Å². The molecule has 6 heteroatoms. The van der Waals surface area contributed by atoms with Gasteiger partial charge in [0.25, 0.3) is 5.91 Å². The molecule has 0 aromatic heterocycles. The molecule has 0 spiro atoms. The molecule has 0 radical (unpaired) electrons. The monoisotopic (exact) mass is 301 g/mol. The van der Waals surface area contributed by atoms with Gasteiger partial charge < -0.3 is 15.5 Å². The molecule has 1 unspecified atom stereocenters. The molecule has 1 atom stereocenters. The van der Waals surface area contributed by atoms with Crippen molar-refractivity contribution in [2.24, 2.45) is 0 Å². The smallest absolute Gasteiger partial charge is 0.328 e. The van der Waals surface area contributed by atoms with E-state index in [9.17, 15) is 9.59 Å². The summed E-state index contributed by atoms with van der Waals surface area (Å²) in [4.78, 5) is 22.4. The summed E-state index contributed by atoms with van der Waals surface area (Å²) in [5.41, 5.74) is 1.22. The fourth-order valence-corrected chi connectivity index (χ4v) is 1.66. The number of nitrogens with one attached hydrogen (secondary N) is 1. The molecule has 0 saturated heterocycles. The minimum atomic E-state index is -1.30. The predicted octanol–water partition coefficient (Wildman–Crippen LogP) is 0.933. The van der Waals surface area contributed by atoms with Gasteiger partial charge in [0, 0.05) is 4.47 Å². The molecule has 0 bridgehead atoms. The van der Waals surface area contributed by atoms with Crippen molar-refractivity contribution in [2.45, 2.75) is 13.0 Å². The molecule has 92 valence electrons. The molecule has 3 N–H and O–H groups in total. The van der Waals surface area contributed by atoms with E-state index in [1.54, 1.807) is 12.1 Å². The Balaban J connectivity index is 2.89. The summed E-state index contributed by atoms with van der Waals surface area (Å²) in [6.07, 6.45) is 0. The lowest BCUT2D eigenvalue weighted by molar-refractivity contribution is -0.140. The average Bonchev–Trinajstić information content (AvgIpc) is 2.28. The van der Waals surface area contributed by atoms with Crippen LogP contribution in [-0.2, 0) is 4.79 Å². The van der Waals surface area contributed by atoms with Gasteiger partial charge in [0.1, 0.15) is 0 Å². The lowest BCUT2D eigenvalue weighted by Crippen LogP contribution is -2.43. The van der Waals surface area contributed by atoms with E-state index < -0.39 is 24.5 Å². The zero-order valence-corrected chi connectivity index (χ0v) is 10.7. The highest BCUT2D eigenvalue weighted by atomic mass is 79.9. The summed E-state index contributed by atoms with van der Waals surface area (Å²) in [6.45, 7) is 1.18. The van der Waals surface area contributed by atoms with Crippen LogP contribution < -0.4 is 5.32 Å². The Labute approximate surface area is 107 Å². The molecule has 0 aliphatic rings. The van der Waals surface area contributed by atoms with Crippen LogP contribution in [0.15, 0.2) is 22.7 Å². The fraction of sp³-hybridized carbons (Fsp3) is 0.273. The fourth-order valence-electron chi connectivity index (χ4n) is 1.23. The van der Waals surface area contributed by atoms with E-state index in [2.05, 4.69) is 21.2 Å². The molecule has 0 fully saturated rings. The number of aryl methyl sites for hydroxylation is 1. The van der Waals surface area contributed by atoms with Crippen LogP contribution in [0.5, 0.6) is 0 Å². The molecular formula is C11H12BrNO4. The van der Waals surface area contributed by atoms with Crippen LogP contribution in [0.1, 0.15) is 15.9 Å². The topological polar surface area (TPSA) is 86.6 Å². The molecule has 0 saturated carbocycles. The van der Waals surface area contributed by atoms with Crippen LogP contribution >= 0.6 is 15.9 Å². The molecule has 0 aliphatic carbocycles. The van der Waals surface area contributed by atoms with Gasteiger partial charge in [-0.3, -0.25) is 4.79 Å². The maximum absolute atomic E-state index is 11.8. The van der Waals surface area contributed by atoms with Crippen molar-refractivity contribution >= 4 is 27.8 Å². The second-order valence-corrected chi connectivity index (χ2v) is 4.38. The number of carbonyl (C=O) groups excluding carboxylic acids is 1. The number of hydrogen-bond donors (Lipinski definition) is 3. The van der Waals surface area contributed by atoms with Crippen molar-refractivity contribution in [2.75, 3.05) is 6.61 Å². The van der Waals surface area contributed by atoms with E-state index >= 15 is 0 Å². The minimum Gasteiger partial charge on any atom is -0.480 e. The first-order chi connectivity index (χ1) is 7.95. The maximum Gasteiger partial charge on any atom is 0.328 e. The number of carboxylic acid groups (broad SMARTS) is 1. The van der Waals surface area contributed by atoms with E-state index in [0.717, 1.165) is 5.56 Å². The third-order valence-electron chi connectivity index (χ3n) is 2.15. The van der Waals surface area contributed by atoms with Gasteiger partial charge >= 0.3 is 5.97 Å². The van der Waals surface area contributed by atoms with Crippen LogP contribution in [0, 0.1) is 6.92 Å². The molecule has 17 heavy (non-hydrogen) atoms. The summed E-state index contributed by atoms with van der Waals surface area (Å²) in [6, 6.07) is 3.87. The number of carbonyl (C=O) groups is 2. The molecule has 1 aromatic rings. The first-order valence-electron chi connectivity index (χ1n) is 4.86. The van der Waals surface area contributed by atoms with Crippen molar-refractivity contribution < 1.29 is 19.8 Å². The Kier molecular flexibility index (Phi) is 4.65. The number of aliphatic hydroxyl groups is 1. The second-order valence-electron chi connectivity index (χ2n) is 3.53. The Hall–Kier alpha value is -1.40. The quantitative estimate of drug-likeness (QED) is 0.772. The third-order valence-corrected chi connectivity index (χ3v) is 2.84. The molecule has 0 heterocycles. The van der Waals surface area contributed by atoms with E-state index in [1.807, 2.05) is 13.0 Å². The lowest BCUT2D eigenvalue weighted by atomic mass is 10.1. The molecule has 1 aromatic carbocycles. The summed E-state index contributed by atoms with van der Waals surface area (Å²) in [5, 5.41) is 19.7. The van der Waals surface area contributed by atoms with E-state index in [0.29, 0.717) is 10.0 Å². The zero-order chi connectivity index (χ0) is 13.0. The van der Waals surface area contributed by atoms with Crippen LogP contribution in [0.2, 0.25) is 0 Å². The van der Waals surface area contributed by atoms with Crippen LogP contribution in [0.25, 0.3) is 0 Å². The molecule has 1 amide bonds. The van der Waals surface area contributed by atoms with Crippen molar-refractivity contribution in [3.8, 4) is 0 Å². The highest BCUT2D eigenvalue weighted by molar-refractivity contribution is 9.10. The Morgan fingerprint density at radius 3 is 2.65 bits per heavy atom. The van der Waals surface area contributed by atoms with Crippen molar-refractivity contribution in [3.05, 3.63) is 33.8 Å². The SMILES string of the molecule is Cc1ccc(Br)c(C(=O)NC(CO)C(=O)O)c1. The van der Waals surface area contributed by atoms with Crippen LogP contribution in [0.3, 0.4) is 0 Å². The summed E-state index contributed by atoms with van der Waals surface area (Å²) < 4.78 is 0.572. The second kappa shape index (κ2) is 5.79. The number of amides is 1. The summed E-state index contributed by atoms with van der Waals surface area (Å²) in [5.74, 6) is -1.81. The normalized spacial score (nSPS) is 11.9. The van der Waals surface area contributed by atoms with Gasteiger partial charge in [-0.25, -0.2) is 4.79 Å².